The van der Waals surface area contributed by atoms with E-state index in [9.17, 15) is 8.42 Å². The van der Waals surface area contributed by atoms with Gasteiger partial charge < -0.3 is 4.74 Å². The van der Waals surface area contributed by atoms with Crippen LogP contribution in [0.5, 0.6) is 5.75 Å². The van der Waals surface area contributed by atoms with Gasteiger partial charge in [0.15, 0.2) is 0 Å². The number of aryl methyl sites for hydroxylation is 1. The van der Waals surface area contributed by atoms with Crippen molar-refractivity contribution < 1.29 is 21.9 Å². The number of hydrogen-bond donors (Lipinski definition) is 1. The zero-order chi connectivity index (χ0) is 19.0. The van der Waals surface area contributed by atoms with Crippen LogP contribution in [0, 0.1) is 52.2 Å². The van der Waals surface area contributed by atoms with E-state index in [1.807, 2.05) is 0 Å². The highest BCUT2D eigenvalue weighted by Gasteiger charge is 2.09. The van der Waals surface area contributed by atoms with Gasteiger partial charge >= 0.3 is 10.4 Å². The molecule has 0 saturated carbocycles. The van der Waals surface area contributed by atoms with Gasteiger partial charge in [0.2, 0.25) is 0 Å². The van der Waals surface area contributed by atoms with Crippen molar-refractivity contribution in [2.45, 2.75) is 6.92 Å². The lowest BCUT2D eigenvalue weighted by Gasteiger charge is -2.08. The van der Waals surface area contributed by atoms with Crippen LogP contribution in [0.1, 0.15) is 5.56 Å². The zero-order valence-corrected chi connectivity index (χ0v) is 13.7. The summed E-state index contributed by atoms with van der Waals surface area (Å²) in [6.45, 7) is 0.724. The largest absolute Gasteiger partial charge is 0.490 e. The molecule has 0 bridgehead atoms. The fourth-order valence-electron chi connectivity index (χ4n) is 1.85. The average molecular weight is 358 g/mol. The summed E-state index contributed by atoms with van der Waals surface area (Å²) in [6.07, 6.45) is 0. The number of hydrogen-bond acceptors (Lipinski definition) is 8. The zero-order valence-electron chi connectivity index (χ0n) is 12.8. The lowest BCUT2D eigenvalue weighted by molar-refractivity contribution is 0.201. The molecule has 1 aromatic carbocycles. The first-order valence-electron chi connectivity index (χ1n) is 6.51. The maximum atomic E-state index is 10.5. The highest BCUT2D eigenvalue weighted by atomic mass is 32.3. The van der Waals surface area contributed by atoms with Crippen LogP contribution in [0.15, 0.2) is 12.1 Å². The van der Waals surface area contributed by atoms with Gasteiger partial charge in [-0.05, 0) is 24.6 Å². The van der Waals surface area contributed by atoms with E-state index in [0.29, 0.717) is 5.56 Å². The molecule has 1 rings (SSSR count). The van der Waals surface area contributed by atoms with Crippen LogP contribution in [0.25, 0.3) is 11.1 Å². The number of ether oxygens (including phenoxy) is 1. The Morgan fingerprint density at radius 2 is 1.52 bits per heavy atom. The van der Waals surface area contributed by atoms with Gasteiger partial charge in [-0.15, -0.1) is 0 Å². The van der Waals surface area contributed by atoms with Crippen LogP contribution >= 0.6 is 0 Å². The molecule has 0 unspecified atom stereocenters. The predicted octanol–water partition coefficient (Wildman–Crippen LogP) is -0.411. The van der Waals surface area contributed by atoms with Crippen LogP contribution in [0.3, 0.4) is 0 Å². The van der Waals surface area contributed by atoms with Crippen molar-refractivity contribution in [1.29, 1.82) is 21.0 Å². The van der Waals surface area contributed by atoms with Gasteiger partial charge in [-0.25, -0.2) is 4.18 Å². The number of nitrogens with zero attached hydrogens (tertiary/aromatic N) is 4. The minimum Gasteiger partial charge on any atom is -0.490 e. The highest BCUT2D eigenvalue weighted by Crippen LogP contribution is 2.06. The van der Waals surface area contributed by atoms with Crippen molar-refractivity contribution in [3.63, 3.8) is 0 Å². The van der Waals surface area contributed by atoms with Crippen molar-refractivity contribution in [1.82, 2.24) is 0 Å². The van der Waals surface area contributed by atoms with Crippen LogP contribution in [-0.2, 0) is 14.6 Å². The summed E-state index contributed by atoms with van der Waals surface area (Å²) < 4.78 is 38.9. The van der Waals surface area contributed by atoms with E-state index >= 15 is 0 Å². The molecule has 1 N–H and O–H groups in total. The fourth-order valence-corrected chi connectivity index (χ4v) is 2.13. The first-order chi connectivity index (χ1) is 11.8. The van der Waals surface area contributed by atoms with Crippen molar-refractivity contribution in [3.8, 4) is 30.0 Å². The molecule has 0 saturated heterocycles. The first kappa shape index (κ1) is 19.6. The maximum Gasteiger partial charge on any atom is 0.397 e. The summed E-state index contributed by atoms with van der Waals surface area (Å²) in [6, 6.07) is 9.56. The molecule has 25 heavy (non-hydrogen) atoms. The first-order valence-corrected chi connectivity index (χ1v) is 7.88. The van der Waals surface area contributed by atoms with Crippen molar-refractivity contribution in [2.75, 3.05) is 13.2 Å². The Morgan fingerprint density at radius 3 is 2.00 bits per heavy atom. The summed E-state index contributed by atoms with van der Waals surface area (Å²) in [5.41, 5.74) is 0.00648. The summed E-state index contributed by atoms with van der Waals surface area (Å²) in [5.74, 6) is -0.0133. The second-order valence-corrected chi connectivity index (χ2v) is 5.55. The van der Waals surface area contributed by atoms with Crippen molar-refractivity contribution in [3.05, 3.63) is 28.1 Å². The van der Waals surface area contributed by atoms with E-state index in [0.717, 1.165) is 0 Å². The van der Waals surface area contributed by atoms with E-state index in [-0.39, 0.29) is 33.9 Å². The van der Waals surface area contributed by atoms with Crippen molar-refractivity contribution in [2.24, 2.45) is 0 Å². The molecule has 0 heterocycles. The molecule has 0 aliphatic heterocycles. The van der Waals surface area contributed by atoms with E-state index in [4.69, 9.17) is 30.3 Å². The minimum atomic E-state index is -4.63. The SMILES string of the molecule is Cc1cc(=C(C#N)C#N)c(OCCOS(=O)(=O)O)cc1=C(C#N)C#N. The second kappa shape index (κ2) is 8.44. The normalized spacial score (nSPS) is 9.84. The molecular formula is C15H10N4O5S. The van der Waals surface area contributed by atoms with Gasteiger partial charge in [-0.3, -0.25) is 4.55 Å². The monoisotopic (exact) mass is 358 g/mol. The predicted molar refractivity (Wildman–Crippen MR) is 82.7 cm³/mol. The van der Waals surface area contributed by atoms with Crippen LogP contribution in [-0.4, -0.2) is 26.2 Å². The summed E-state index contributed by atoms with van der Waals surface area (Å²) in [4.78, 5) is 0. The van der Waals surface area contributed by atoms with Crippen LogP contribution < -0.4 is 15.2 Å². The fraction of sp³-hybridized carbons (Fsp3) is 0.200. The maximum absolute atomic E-state index is 10.5. The van der Waals surface area contributed by atoms with Gasteiger partial charge in [0.25, 0.3) is 0 Å². The third-order valence-corrected chi connectivity index (χ3v) is 3.35. The van der Waals surface area contributed by atoms with Gasteiger partial charge in [-0.1, -0.05) is 0 Å². The molecule has 126 valence electrons. The molecule has 0 aliphatic carbocycles. The lowest BCUT2D eigenvalue weighted by atomic mass is 10.0. The topological polar surface area (TPSA) is 168 Å². The molecule has 10 heteroatoms. The number of rotatable bonds is 5. The number of nitriles is 4. The van der Waals surface area contributed by atoms with Gasteiger partial charge in [-0.2, -0.15) is 29.5 Å². The highest BCUT2D eigenvalue weighted by molar-refractivity contribution is 7.80. The molecule has 0 aliphatic rings. The van der Waals surface area contributed by atoms with E-state index in [1.165, 1.54) is 12.1 Å². The summed E-state index contributed by atoms with van der Waals surface area (Å²) in [5, 5.41) is 36.4. The third kappa shape index (κ3) is 5.31. The van der Waals surface area contributed by atoms with E-state index in [2.05, 4.69) is 4.18 Å². The molecule has 0 fully saturated rings. The molecule has 0 spiro atoms. The summed E-state index contributed by atoms with van der Waals surface area (Å²) >= 11 is 0. The Kier molecular flexibility index (Phi) is 6.63. The lowest BCUT2D eigenvalue weighted by Crippen LogP contribution is -2.21. The smallest absolute Gasteiger partial charge is 0.397 e. The molecule has 1 aromatic rings. The third-order valence-electron chi connectivity index (χ3n) is 2.89. The van der Waals surface area contributed by atoms with Gasteiger partial charge in [0.05, 0.1) is 0 Å². The van der Waals surface area contributed by atoms with Gasteiger partial charge in [0.1, 0.15) is 54.4 Å². The summed E-state index contributed by atoms with van der Waals surface area (Å²) in [7, 11) is -4.63. The molecule has 0 amide bonds. The molecule has 0 aromatic heterocycles. The van der Waals surface area contributed by atoms with E-state index < -0.39 is 17.0 Å². The minimum absolute atomic E-state index is 0.0133. The standard InChI is InChI=1S/C15H10N4O5S/c1-10-4-14(12(8-18)9-19)15(5-13(10)11(6-16)7-17)23-2-3-24-25(20,21)22/h4-5H,2-3H2,1H3,(H,20,21,22). The van der Waals surface area contributed by atoms with Gasteiger partial charge in [0, 0.05) is 10.4 Å². The Morgan fingerprint density at radius 1 is 1.00 bits per heavy atom. The van der Waals surface area contributed by atoms with Crippen LogP contribution in [0.2, 0.25) is 0 Å². The van der Waals surface area contributed by atoms with Crippen LogP contribution in [0.4, 0.5) is 0 Å². The Hall–Kier alpha value is -3.41. The molecule has 0 atom stereocenters. The molecule has 0 radical (unpaired) electrons. The average Bonchev–Trinajstić information content (AvgIpc) is 2.55. The Bertz CT molecular complexity index is 1050. The second-order valence-electron chi connectivity index (χ2n) is 4.46. The van der Waals surface area contributed by atoms with Crippen molar-refractivity contribution >= 4 is 21.5 Å². The Labute approximate surface area is 143 Å². The number of benzene rings is 1. The van der Waals surface area contributed by atoms with E-state index in [1.54, 1.807) is 31.2 Å². The quantitative estimate of drug-likeness (QED) is 0.543. The molecular weight excluding hydrogens is 348 g/mol. The Balaban J connectivity index is 3.51. The molecule has 9 nitrogen and oxygen atoms in total.